The predicted molar refractivity (Wildman–Crippen MR) is 94.5 cm³/mol. The largest absolute Gasteiger partial charge is 0.466 e. The molecule has 1 aliphatic rings. The van der Waals surface area contributed by atoms with E-state index >= 15 is 0 Å². The summed E-state index contributed by atoms with van der Waals surface area (Å²) in [6.07, 6.45) is 8.58. The first-order valence-electron chi connectivity index (χ1n) is 8.79. The molecule has 0 amide bonds. The molecule has 0 saturated carbocycles. The molecule has 1 aliphatic carbocycles. The zero-order chi connectivity index (χ0) is 17.0. The molecule has 0 aromatic carbocycles. The minimum Gasteiger partial charge on any atom is -0.466 e. The minimum atomic E-state index is -0.175. The fourth-order valence-corrected chi connectivity index (χ4v) is 3.49. The maximum absolute atomic E-state index is 5.85. The lowest BCUT2D eigenvalue weighted by atomic mass is 9.54. The van der Waals surface area contributed by atoms with Gasteiger partial charge in [-0.1, -0.05) is 54.5 Å². The van der Waals surface area contributed by atoms with Gasteiger partial charge in [0.25, 0.3) is 0 Å². The third-order valence-electron chi connectivity index (χ3n) is 5.51. The van der Waals surface area contributed by atoms with Crippen LogP contribution in [0.2, 0.25) is 0 Å². The molecule has 128 valence electrons. The second-order valence-corrected chi connectivity index (χ2v) is 8.05. The average Bonchev–Trinajstić information content (AvgIpc) is 2.43. The Kier molecular flexibility index (Phi) is 6.73. The van der Waals surface area contributed by atoms with E-state index in [-0.39, 0.29) is 17.1 Å². The van der Waals surface area contributed by atoms with Crippen LogP contribution in [0.1, 0.15) is 68.2 Å². The lowest BCUT2D eigenvalue weighted by molar-refractivity contribution is -0.101. The van der Waals surface area contributed by atoms with Gasteiger partial charge in [0.1, 0.15) is 5.76 Å². The fourth-order valence-electron chi connectivity index (χ4n) is 3.49. The molecule has 3 unspecified atom stereocenters. The van der Waals surface area contributed by atoms with Crippen LogP contribution in [0.3, 0.4) is 0 Å². The van der Waals surface area contributed by atoms with Crippen molar-refractivity contribution in [3.8, 4) is 0 Å². The first kappa shape index (κ1) is 19.3. The molecule has 3 atom stereocenters. The van der Waals surface area contributed by atoms with Crippen LogP contribution in [0.25, 0.3) is 0 Å². The van der Waals surface area contributed by atoms with Gasteiger partial charge in [0.2, 0.25) is 0 Å². The van der Waals surface area contributed by atoms with Crippen LogP contribution in [0, 0.1) is 22.7 Å². The van der Waals surface area contributed by atoms with Crippen LogP contribution < -0.4 is 0 Å². The van der Waals surface area contributed by atoms with E-state index in [1.807, 2.05) is 6.92 Å². The summed E-state index contributed by atoms with van der Waals surface area (Å²) in [4.78, 5) is 0. The van der Waals surface area contributed by atoms with Gasteiger partial charge < -0.3 is 9.47 Å². The summed E-state index contributed by atoms with van der Waals surface area (Å²) in [6, 6.07) is 0. The van der Waals surface area contributed by atoms with Crippen LogP contribution in [0.4, 0.5) is 0 Å². The second kappa shape index (κ2) is 7.68. The van der Waals surface area contributed by atoms with Gasteiger partial charge in [0.15, 0.2) is 6.29 Å². The summed E-state index contributed by atoms with van der Waals surface area (Å²) in [7, 11) is 0. The van der Waals surface area contributed by atoms with Crippen LogP contribution in [0.5, 0.6) is 0 Å². The monoisotopic (exact) mass is 308 g/mol. The smallest absolute Gasteiger partial charge is 0.196 e. The molecule has 0 radical (unpaired) electrons. The first-order chi connectivity index (χ1) is 10.1. The van der Waals surface area contributed by atoms with E-state index in [0.717, 1.165) is 25.2 Å². The standard InChI is InChI=1S/C20H36O2/c1-9-14-21-16(4)22-18-12-10-17(11-13-18)20(8,15(2)3)19(5,6)7/h10,12-13,15-17H,9,11,14H2,1-8H3. The number of rotatable bonds is 7. The predicted octanol–water partition coefficient (Wildman–Crippen LogP) is 5.94. The van der Waals surface area contributed by atoms with E-state index in [4.69, 9.17) is 9.47 Å². The minimum absolute atomic E-state index is 0.175. The molecule has 1 rings (SSSR count). The summed E-state index contributed by atoms with van der Waals surface area (Å²) >= 11 is 0. The SMILES string of the molecule is CCCOC(C)OC1=CCC(C(C)(C(C)C)C(C)(C)C)C=C1. The molecule has 0 saturated heterocycles. The van der Waals surface area contributed by atoms with Crippen LogP contribution in [-0.2, 0) is 9.47 Å². The molecule has 0 aromatic heterocycles. The van der Waals surface area contributed by atoms with Gasteiger partial charge in [-0.2, -0.15) is 0 Å². The van der Waals surface area contributed by atoms with E-state index in [0.29, 0.717) is 11.8 Å². The molecule has 2 nitrogen and oxygen atoms in total. The highest BCUT2D eigenvalue weighted by Crippen LogP contribution is 2.52. The van der Waals surface area contributed by atoms with E-state index in [2.05, 4.69) is 66.7 Å². The summed E-state index contributed by atoms with van der Waals surface area (Å²) in [5.74, 6) is 2.12. The molecule has 2 heteroatoms. The zero-order valence-corrected chi connectivity index (χ0v) is 15.9. The number of allylic oxidation sites excluding steroid dienone is 3. The summed E-state index contributed by atoms with van der Waals surface area (Å²) in [6.45, 7) is 19.0. The van der Waals surface area contributed by atoms with Crippen LogP contribution in [0.15, 0.2) is 24.0 Å². The van der Waals surface area contributed by atoms with Crippen molar-refractivity contribution in [3.05, 3.63) is 24.0 Å². The van der Waals surface area contributed by atoms with Gasteiger partial charge >= 0.3 is 0 Å². The Morgan fingerprint density at radius 1 is 1.18 bits per heavy atom. The molecule has 0 fully saturated rings. The van der Waals surface area contributed by atoms with E-state index < -0.39 is 0 Å². The maximum Gasteiger partial charge on any atom is 0.196 e. The van der Waals surface area contributed by atoms with Crippen molar-refractivity contribution in [2.45, 2.75) is 74.5 Å². The summed E-state index contributed by atoms with van der Waals surface area (Å²) < 4.78 is 11.4. The fraction of sp³-hybridized carbons (Fsp3) is 0.800. The van der Waals surface area contributed by atoms with Crippen molar-refractivity contribution in [1.29, 1.82) is 0 Å². The van der Waals surface area contributed by atoms with Crippen molar-refractivity contribution >= 4 is 0 Å². The lowest BCUT2D eigenvalue weighted by Crippen LogP contribution is -2.43. The number of hydrogen-bond acceptors (Lipinski definition) is 2. The van der Waals surface area contributed by atoms with Crippen LogP contribution >= 0.6 is 0 Å². The summed E-state index contributed by atoms with van der Waals surface area (Å²) in [5, 5.41) is 0. The lowest BCUT2D eigenvalue weighted by Gasteiger charge is -2.50. The van der Waals surface area contributed by atoms with Gasteiger partial charge in [-0.3, -0.25) is 0 Å². The average molecular weight is 309 g/mol. The van der Waals surface area contributed by atoms with Crippen LogP contribution in [-0.4, -0.2) is 12.9 Å². The second-order valence-electron chi connectivity index (χ2n) is 8.05. The highest BCUT2D eigenvalue weighted by atomic mass is 16.7. The van der Waals surface area contributed by atoms with Crippen molar-refractivity contribution < 1.29 is 9.47 Å². The van der Waals surface area contributed by atoms with E-state index in [1.165, 1.54) is 0 Å². The number of hydrogen-bond donors (Lipinski definition) is 0. The molecule has 0 aliphatic heterocycles. The van der Waals surface area contributed by atoms with Gasteiger partial charge in [0, 0.05) is 0 Å². The molecule has 0 heterocycles. The Hall–Kier alpha value is -0.760. The van der Waals surface area contributed by atoms with Crippen molar-refractivity contribution in [1.82, 2.24) is 0 Å². The third kappa shape index (κ3) is 4.38. The highest BCUT2D eigenvalue weighted by Gasteiger charge is 2.45. The quantitative estimate of drug-likeness (QED) is 0.541. The molecule has 0 bridgehead atoms. The normalized spacial score (nSPS) is 23.1. The Bertz CT molecular complexity index is 400. The number of ether oxygens (including phenoxy) is 2. The molecule has 0 aromatic rings. The third-order valence-corrected chi connectivity index (χ3v) is 5.51. The maximum atomic E-state index is 5.85. The Morgan fingerprint density at radius 2 is 1.82 bits per heavy atom. The summed E-state index contributed by atoms with van der Waals surface area (Å²) in [5.41, 5.74) is 0.524. The Labute approximate surface area is 138 Å². The first-order valence-corrected chi connectivity index (χ1v) is 8.79. The molecule has 0 N–H and O–H groups in total. The Balaban J connectivity index is 2.73. The van der Waals surface area contributed by atoms with Gasteiger partial charge in [-0.25, -0.2) is 0 Å². The van der Waals surface area contributed by atoms with Crippen molar-refractivity contribution in [2.24, 2.45) is 22.7 Å². The van der Waals surface area contributed by atoms with Gasteiger partial charge in [-0.05, 0) is 54.6 Å². The zero-order valence-electron chi connectivity index (χ0n) is 15.9. The van der Waals surface area contributed by atoms with Crippen molar-refractivity contribution in [2.75, 3.05) is 6.61 Å². The van der Waals surface area contributed by atoms with E-state index in [1.54, 1.807) is 0 Å². The molecular weight excluding hydrogens is 272 g/mol. The van der Waals surface area contributed by atoms with E-state index in [9.17, 15) is 0 Å². The van der Waals surface area contributed by atoms with Gasteiger partial charge in [-0.15, -0.1) is 0 Å². The van der Waals surface area contributed by atoms with Crippen molar-refractivity contribution in [3.63, 3.8) is 0 Å². The highest BCUT2D eigenvalue weighted by molar-refractivity contribution is 5.21. The molecule has 0 spiro atoms. The molecule has 22 heavy (non-hydrogen) atoms. The topological polar surface area (TPSA) is 18.5 Å². The molecular formula is C20H36O2. The van der Waals surface area contributed by atoms with Gasteiger partial charge in [0.05, 0.1) is 6.61 Å². The Morgan fingerprint density at radius 3 is 2.23 bits per heavy atom.